The molecule has 0 saturated heterocycles. The molecule has 4 N–H and O–H groups in total. The molecule has 0 amide bonds. The molecule has 1 aliphatic carbocycles. The van der Waals surface area contributed by atoms with Gasteiger partial charge in [0.15, 0.2) is 0 Å². The number of carbonyl (C=O) groups excluding carboxylic acids is 1. The van der Waals surface area contributed by atoms with Crippen LogP contribution >= 0.6 is 34.7 Å². The molecule has 0 radical (unpaired) electrons. The molecule has 3 heterocycles. The van der Waals surface area contributed by atoms with Gasteiger partial charge in [-0.05, 0) is 54.7 Å². The number of hydrogen-bond donors (Lipinski definition) is 3. The van der Waals surface area contributed by atoms with E-state index in [4.69, 9.17) is 16.7 Å². The molecule has 37 heavy (non-hydrogen) atoms. The molecule has 13 heteroatoms. The van der Waals surface area contributed by atoms with Gasteiger partial charge in [-0.3, -0.25) is 8.98 Å². The fourth-order valence-electron chi connectivity index (χ4n) is 4.85. The van der Waals surface area contributed by atoms with Crippen molar-refractivity contribution >= 4 is 56.6 Å². The Morgan fingerprint density at radius 2 is 2.11 bits per heavy atom. The molecule has 2 aliphatic rings. The summed E-state index contributed by atoms with van der Waals surface area (Å²) in [6.07, 6.45) is 2.84. The van der Waals surface area contributed by atoms with Crippen LogP contribution in [0.15, 0.2) is 36.8 Å². The van der Waals surface area contributed by atoms with Gasteiger partial charge in [0.25, 0.3) is 0 Å². The number of halogens is 1. The average molecular weight is 581 g/mol. The average Bonchev–Trinajstić information content (AvgIpc) is 3.53. The van der Waals surface area contributed by atoms with E-state index in [0.29, 0.717) is 34.1 Å². The third-order valence-electron chi connectivity index (χ3n) is 6.66. The summed E-state index contributed by atoms with van der Waals surface area (Å²) in [5, 5.41) is 19.3. The van der Waals surface area contributed by atoms with Crippen molar-refractivity contribution in [2.75, 3.05) is 11.9 Å². The van der Waals surface area contributed by atoms with E-state index in [1.54, 1.807) is 0 Å². The van der Waals surface area contributed by atoms with Crippen molar-refractivity contribution in [2.45, 2.75) is 42.9 Å². The third-order valence-corrected chi connectivity index (χ3v) is 9.74. The number of benzene rings is 1. The molecule has 0 bridgehead atoms. The summed E-state index contributed by atoms with van der Waals surface area (Å²) in [5.74, 6) is 0.654. The molecule has 9 nitrogen and oxygen atoms in total. The third kappa shape index (κ3) is 5.85. The monoisotopic (exact) mass is 580 g/mol. The Hall–Kier alpha value is -2.06. The Balaban J connectivity index is 1.34. The lowest BCUT2D eigenvalue weighted by molar-refractivity contribution is 0.101. The van der Waals surface area contributed by atoms with Crippen LogP contribution in [-0.2, 0) is 20.2 Å². The van der Waals surface area contributed by atoms with E-state index in [1.165, 1.54) is 35.0 Å². The van der Waals surface area contributed by atoms with Crippen molar-refractivity contribution in [2.24, 2.45) is 11.1 Å². The summed E-state index contributed by atoms with van der Waals surface area (Å²) in [7, 11) is -4.09. The molecule has 1 aliphatic heterocycles. The molecule has 4 atom stereocenters. The second kappa shape index (κ2) is 10.6. The molecular formula is C24H25ClN4O5S3. The van der Waals surface area contributed by atoms with Gasteiger partial charge in [0.05, 0.1) is 28.4 Å². The highest BCUT2D eigenvalue weighted by Gasteiger charge is 2.35. The second-order valence-corrected chi connectivity index (χ2v) is 13.2. The summed E-state index contributed by atoms with van der Waals surface area (Å²) in [5.41, 5.74) is 3.87. The van der Waals surface area contributed by atoms with Crippen molar-refractivity contribution in [3.8, 4) is 0 Å². The zero-order chi connectivity index (χ0) is 26.3. The van der Waals surface area contributed by atoms with Crippen LogP contribution in [0.3, 0.4) is 0 Å². The summed E-state index contributed by atoms with van der Waals surface area (Å²) in [4.78, 5) is 23.6. The number of hydrogen-bond acceptors (Lipinski definition) is 10. The van der Waals surface area contributed by atoms with Gasteiger partial charge in [0.2, 0.25) is 5.78 Å². The van der Waals surface area contributed by atoms with Crippen LogP contribution in [0, 0.1) is 12.8 Å². The lowest BCUT2D eigenvalue weighted by Gasteiger charge is -2.15. The molecule has 1 aromatic carbocycles. The Morgan fingerprint density at radius 1 is 1.30 bits per heavy atom. The van der Waals surface area contributed by atoms with Crippen LogP contribution in [0.1, 0.15) is 54.9 Å². The highest BCUT2D eigenvalue weighted by Crippen LogP contribution is 2.49. The van der Waals surface area contributed by atoms with E-state index in [1.807, 2.05) is 36.9 Å². The number of nitrogens with two attached hydrogens (primary N) is 1. The maximum Gasteiger partial charge on any atom is 0.333 e. The Morgan fingerprint density at radius 3 is 2.89 bits per heavy atom. The summed E-state index contributed by atoms with van der Waals surface area (Å²) >= 11 is 9.52. The quantitative estimate of drug-likeness (QED) is 0.338. The fourth-order valence-corrected chi connectivity index (χ4v) is 7.91. The first kappa shape index (κ1) is 26.5. The number of aryl methyl sites for hydroxylation is 1. The molecular weight excluding hydrogens is 556 g/mol. The molecule has 3 aromatic rings. The maximum atomic E-state index is 13.6. The van der Waals surface area contributed by atoms with Gasteiger partial charge in [-0.15, -0.1) is 23.1 Å². The summed E-state index contributed by atoms with van der Waals surface area (Å²) < 4.78 is 26.9. The van der Waals surface area contributed by atoms with Gasteiger partial charge in [0.1, 0.15) is 12.1 Å². The van der Waals surface area contributed by atoms with E-state index in [2.05, 4.69) is 25.5 Å². The predicted octanol–water partition coefficient (Wildman–Crippen LogP) is 3.84. The first-order valence-electron chi connectivity index (χ1n) is 11.6. The van der Waals surface area contributed by atoms with Crippen LogP contribution in [0.4, 0.5) is 5.82 Å². The van der Waals surface area contributed by atoms with Crippen LogP contribution < -0.4 is 10.5 Å². The largest absolute Gasteiger partial charge is 0.393 e. The van der Waals surface area contributed by atoms with Crippen molar-refractivity contribution in [1.29, 1.82) is 0 Å². The standard InChI is InChI=1S/C24H25ClN4O5S3/c1-12-17(23-18-5-15(25)3-2-13(18)10-35-23)7-21(36-12)22(31)19-8-27-11-28-24(19)29-16-4-14(20(30)6-16)9-34-37(26,32)33/h2-3,5,7-8,11,14,16,20,23,30H,4,6,9-10H2,1H3,(H2,26,32,33)(H,27,28,29)/t14-,16-,20+,23-/m1/s1. The normalized spacial score (nSPS) is 23.2. The number of rotatable bonds is 8. The molecule has 196 valence electrons. The van der Waals surface area contributed by atoms with Gasteiger partial charge < -0.3 is 10.4 Å². The first-order valence-corrected chi connectivity index (χ1v) is 15.3. The number of thioether (sulfide) groups is 1. The molecule has 0 spiro atoms. The topological polar surface area (TPSA) is 144 Å². The molecule has 0 unspecified atom stereocenters. The molecule has 1 saturated carbocycles. The number of ketones is 1. The van der Waals surface area contributed by atoms with Gasteiger partial charge >= 0.3 is 10.3 Å². The van der Waals surface area contributed by atoms with Crippen molar-refractivity contribution in [1.82, 2.24) is 9.97 Å². The minimum absolute atomic E-state index is 0.118. The molecule has 1 fully saturated rings. The van der Waals surface area contributed by atoms with E-state index in [-0.39, 0.29) is 23.7 Å². The van der Waals surface area contributed by atoms with Crippen molar-refractivity contribution in [3.05, 3.63) is 73.8 Å². The number of carbonyl (C=O) groups is 1. The highest BCUT2D eigenvalue weighted by atomic mass is 35.5. The zero-order valence-corrected chi connectivity index (χ0v) is 23.0. The van der Waals surface area contributed by atoms with E-state index >= 15 is 0 Å². The Bertz CT molecular complexity index is 1450. The highest BCUT2D eigenvalue weighted by molar-refractivity contribution is 7.99. The predicted molar refractivity (Wildman–Crippen MR) is 144 cm³/mol. The van der Waals surface area contributed by atoms with Crippen LogP contribution in [0.2, 0.25) is 5.02 Å². The number of aliphatic hydroxyl groups excluding tert-OH is 1. The lowest BCUT2D eigenvalue weighted by Crippen LogP contribution is -2.24. The molecule has 2 aromatic heterocycles. The smallest absolute Gasteiger partial charge is 0.333 e. The van der Waals surface area contributed by atoms with Crippen LogP contribution in [0.5, 0.6) is 0 Å². The summed E-state index contributed by atoms with van der Waals surface area (Å²) in [6.45, 7) is 1.81. The molecule has 5 rings (SSSR count). The van der Waals surface area contributed by atoms with Gasteiger partial charge in [-0.25, -0.2) is 15.1 Å². The number of thiophene rings is 1. The lowest BCUT2D eigenvalue weighted by atomic mass is 10.00. The minimum atomic E-state index is -4.09. The summed E-state index contributed by atoms with van der Waals surface area (Å²) in [6, 6.07) is 7.68. The van der Waals surface area contributed by atoms with Crippen LogP contribution in [0.25, 0.3) is 0 Å². The number of nitrogens with one attached hydrogen (secondary N) is 1. The van der Waals surface area contributed by atoms with Crippen LogP contribution in [-0.4, -0.2) is 48.0 Å². The van der Waals surface area contributed by atoms with Crippen molar-refractivity contribution in [3.63, 3.8) is 0 Å². The zero-order valence-electron chi connectivity index (χ0n) is 19.8. The van der Waals surface area contributed by atoms with E-state index < -0.39 is 22.3 Å². The SMILES string of the molecule is Cc1sc(C(=O)c2cncnc2N[C@@H]2C[C@H](COS(N)(=O)=O)[C@@H](O)C2)cc1[C@H]1SCc2ccc(Cl)cc21. The van der Waals surface area contributed by atoms with E-state index in [0.717, 1.165) is 16.2 Å². The Labute approximate surface area is 228 Å². The maximum absolute atomic E-state index is 13.6. The van der Waals surface area contributed by atoms with Crippen molar-refractivity contribution < 1.29 is 22.5 Å². The van der Waals surface area contributed by atoms with Gasteiger partial charge in [-0.2, -0.15) is 8.42 Å². The number of fused-ring (bicyclic) bond motifs is 1. The van der Waals surface area contributed by atoms with Gasteiger partial charge in [-0.1, -0.05) is 17.7 Å². The number of nitrogens with zero attached hydrogens (tertiary/aromatic N) is 2. The minimum Gasteiger partial charge on any atom is -0.393 e. The number of aliphatic hydroxyl groups is 1. The van der Waals surface area contributed by atoms with E-state index in [9.17, 15) is 18.3 Å². The second-order valence-electron chi connectivity index (χ2n) is 9.19. The Kier molecular flexibility index (Phi) is 7.60. The van der Waals surface area contributed by atoms with Gasteiger partial charge in [0, 0.05) is 33.8 Å². The fraction of sp³-hybridized carbons (Fsp3) is 0.375. The number of anilines is 1. The number of aromatic nitrogens is 2. The first-order chi connectivity index (χ1) is 17.6.